The fourth-order valence-electron chi connectivity index (χ4n) is 3.21. The molecule has 0 unspecified atom stereocenters. The minimum absolute atomic E-state index is 0. The van der Waals surface area contributed by atoms with Gasteiger partial charge in [-0.3, -0.25) is 4.90 Å². The summed E-state index contributed by atoms with van der Waals surface area (Å²) in [7, 11) is 0. The van der Waals surface area contributed by atoms with E-state index in [0.29, 0.717) is 5.56 Å². The smallest absolute Gasteiger partial charge is 0.137 e. The number of aromatic nitrogens is 2. The van der Waals surface area contributed by atoms with Crippen LogP contribution in [-0.2, 0) is 6.54 Å². The van der Waals surface area contributed by atoms with Crippen molar-refractivity contribution in [2.75, 3.05) is 26.2 Å². The highest BCUT2D eigenvalue weighted by molar-refractivity contribution is 5.85. The molecule has 136 valence electrons. The van der Waals surface area contributed by atoms with E-state index in [-0.39, 0.29) is 24.8 Å². The Kier molecular flexibility index (Phi) is 7.01. The molecule has 0 aliphatic carbocycles. The maximum absolute atomic E-state index is 9.00. The molecular formula is C19H21Cl2N5. The molecule has 26 heavy (non-hydrogen) atoms. The molecule has 1 N–H and O–H groups in total. The molecule has 0 spiro atoms. The van der Waals surface area contributed by atoms with Gasteiger partial charge in [0.05, 0.1) is 23.0 Å². The van der Waals surface area contributed by atoms with Crippen LogP contribution in [-0.4, -0.2) is 40.5 Å². The lowest BCUT2D eigenvalue weighted by Crippen LogP contribution is -2.43. The fourth-order valence-corrected chi connectivity index (χ4v) is 3.21. The van der Waals surface area contributed by atoms with E-state index in [4.69, 9.17) is 10.2 Å². The molecule has 0 amide bonds. The largest absolute Gasteiger partial charge is 0.314 e. The van der Waals surface area contributed by atoms with Crippen LogP contribution in [0.15, 0.2) is 48.7 Å². The highest BCUT2D eigenvalue weighted by Crippen LogP contribution is 2.26. The molecule has 1 saturated heterocycles. The predicted octanol–water partition coefficient (Wildman–Crippen LogP) is 3.12. The Labute approximate surface area is 165 Å². The van der Waals surface area contributed by atoms with Crippen molar-refractivity contribution >= 4 is 30.5 Å². The first-order chi connectivity index (χ1) is 11.8. The van der Waals surface area contributed by atoms with Crippen molar-refractivity contribution in [2.45, 2.75) is 6.54 Å². The number of hydrogen-bond acceptors (Lipinski definition) is 4. The minimum atomic E-state index is 0. The number of nitrogens with one attached hydrogen (secondary N) is 1. The van der Waals surface area contributed by atoms with Crippen molar-refractivity contribution in [1.29, 1.82) is 5.26 Å². The molecule has 0 radical (unpaired) electrons. The maximum atomic E-state index is 9.00. The van der Waals surface area contributed by atoms with Gasteiger partial charge in [-0.25, -0.2) is 4.98 Å². The zero-order chi connectivity index (χ0) is 16.4. The minimum Gasteiger partial charge on any atom is -0.314 e. The van der Waals surface area contributed by atoms with Crippen molar-refractivity contribution in [2.24, 2.45) is 0 Å². The Morgan fingerprint density at radius 3 is 2.46 bits per heavy atom. The monoisotopic (exact) mass is 389 g/mol. The van der Waals surface area contributed by atoms with Crippen LogP contribution < -0.4 is 5.32 Å². The quantitative estimate of drug-likeness (QED) is 0.747. The number of hydrogen-bond donors (Lipinski definition) is 1. The number of nitrogens with zero attached hydrogens (tertiary/aromatic N) is 4. The third-order valence-electron chi connectivity index (χ3n) is 4.50. The van der Waals surface area contributed by atoms with Crippen LogP contribution in [0, 0.1) is 11.3 Å². The average molecular weight is 390 g/mol. The summed E-state index contributed by atoms with van der Waals surface area (Å²) in [6.07, 6.45) is 2.08. The molecule has 1 aromatic carbocycles. The predicted molar refractivity (Wildman–Crippen MR) is 108 cm³/mol. The van der Waals surface area contributed by atoms with E-state index in [1.54, 1.807) is 0 Å². The highest BCUT2D eigenvalue weighted by Gasteiger charge is 2.18. The summed E-state index contributed by atoms with van der Waals surface area (Å²) in [6.45, 7) is 5.04. The van der Waals surface area contributed by atoms with Gasteiger partial charge in [-0.05, 0) is 24.3 Å². The first-order valence-corrected chi connectivity index (χ1v) is 8.25. The van der Waals surface area contributed by atoms with Crippen molar-refractivity contribution in [1.82, 2.24) is 19.6 Å². The molecule has 1 aliphatic rings. The summed E-state index contributed by atoms with van der Waals surface area (Å²) < 4.78 is 2.18. The number of fused-ring (bicyclic) bond motifs is 1. The molecule has 5 nitrogen and oxygen atoms in total. The molecule has 1 aliphatic heterocycles. The fraction of sp³-hybridized carbons (Fsp3) is 0.263. The van der Waals surface area contributed by atoms with Gasteiger partial charge >= 0.3 is 0 Å². The number of halogens is 2. The Morgan fingerprint density at radius 1 is 1.04 bits per heavy atom. The summed E-state index contributed by atoms with van der Waals surface area (Å²) >= 11 is 0. The topological polar surface area (TPSA) is 56.4 Å². The zero-order valence-electron chi connectivity index (χ0n) is 14.3. The standard InChI is InChI=1S/C19H19N5.2ClH/c20-13-15-4-6-16(7-5-15)19-17(14-23-11-8-21-9-12-23)24-10-2-1-3-18(24)22-19;;/h1-7,10,21H,8-9,11-12,14H2;2*1H. The number of pyridine rings is 1. The van der Waals surface area contributed by atoms with E-state index in [0.717, 1.165) is 49.6 Å². The van der Waals surface area contributed by atoms with Gasteiger partial charge in [-0.1, -0.05) is 18.2 Å². The first-order valence-electron chi connectivity index (χ1n) is 8.25. The number of rotatable bonds is 3. The van der Waals surface area contributed by atoms with Crippen molar-refractivity contribution in [3.8, 4) is 17.3 Å². The van der Waals surface area contributed by atoms with Gasteiger partial charge < -0.3 is 9.72 Å². The van der Waals surface area contributed by atoms with E-state index in [1.807, 2.05) is 42.5 Å². The van der Waals surface area contributed by atoms with Crippen molar-refractivity contribution < 1.29 is 0 Å². The average Bonchev–Trinajstić information content (AvgIpc) is 3.01. The molecular weight excluding hydrogens is 369 g/mol. The molecule has 0 bridgehead atoms. The molecule has 7 heteroatoms. The Hall–Kier alpha value is -2.10. The Morgan fingerprint density at radius 2 is 1.77 bits per heavy atom. The third kappa shape index (κ3) is 4.00. The molecule has 3 heterocycles. The summed E-state index contributed by atoms with van der Waals surface area (Å²) in [4.78, 5) is 7.30. The van der Waals surface area contributed by atoms with Gasteiger partial charge in [0.25, 0.3) is 0 Å². The van der Waals surface area contributed by atoms with Crippen LogP contribution in [0.25, 0.3) is 16.9 Å². The van der Waals surface area contributed by atoms with Gasteiger partial charge in [0.2, 0.25) is 0 Å². The van der Waals surface area contributed by atoms with E-state index in [9.17, 15) is 0 Å². The summed E-state index contributed by atoms with van der Waals surface area (Å²) in [6, 6.07) is 15.9. The lowest BCUT2D eigenvalue weighted by Gasteiger charge is -2.27. The van der Waals surface area contributed by atoms with Crippen LogP contribution in [0.3, 0.4) is 0 Å². The molecule has 2 aromatic heterocycles. The van der Waals surface area contributed by atoms with E-state index in [2.05, 4.69) is 26.9 Å². The molecule has 0 atom stereocenters. The van der Waals surface area contributed by atoms with E-state index >= 15 is 0 Å². The van der Waals surface area contributed by atoms with Crippen LogP contribution in [0.1, 0.15) is 11.3 Å². The second-order valence-corrected chi connectivity index (χ2v) is 6.05. The normalized spacial score (nSPS) is 14.3. The van der Waals surface area contributed by atoms with Gasteiger partial charge in [0.15, 0.2) is 0 Å². The van der Waals surface area contributed by atoms with Crippen LogP contribution in [0.4, 0.5) is 0 Å². The molecule has 1 fully saturated rings. The van der Waals surface area contributed by atoms with Gasteiger partial charge in [0, 0.05) is 44.5 Å². The summed E-state index contributed by atoms with van der Waals surface area (Å²) in [5.74, 6) is 0. The van der Waals surface area contributed by atoms with Crippen molar-refractivity contribution in [3.63, 3.8) is 0 Å². The first kappa shape index (κ1) is 20.2. The summed E-state index contributed by atoms with van der Waals surface area (Å²) in [5, 5.41) is 12.4. The van der Waals surface area contributed by atoms with E-state index < -0.39 is 0 Å². The molecule has 3 aromatic rings. The Balaban J connectivity index is 0.00000121. The zero-order valence-corrected chi connectivity index (χ0v) is 15.9. The lowest BCUT2D eigenvalue weighted by atomic mass is 10.1. The van der Waals surface area contributed by atoms with Crippen molar-refractivity contribution in [3.05, 3.63) is 59.9 Å². The number of nitriles is 1. The number of imidazole rings is 1. The Bertz CT molecular complexity index is 892. The highest BCUT2D eigenvalue weighted by atomic mass is 35.5. The second-order valence-electron chi connectivity index (χ2n) is 6.05. The molecule has 0 saturated carbocycles. The number of piperazine rings is 1. The third-order valence-corrected chi connectivity index (χ3v) is 4.50. The van der Waals surface area contributed by atoms with Gasteiger partial charge in [0.1, 0.15) is 5.65 Å². The van der Waals surface area contributed by atoms with Crippen LogP contribution >= 0.6 is 24.8 Å². The van der Waals surface area contributed by atoms with E-state index in [1.165, 1.54) is 5.69 Å². The second kappa shape index (κ2) is 9.02. The lowest BCUT2D eigenvalue weighted by molar-refractivity contribution is 0.230. The maximum Gasteiger partial charge on any atom is 0.137 e. The van der Waals surface area contributed by atoms with Gasteiger partial charge in [-0.15, -0.1) is 24.8 Å². The summed E-state index contributed by atoms with van der Waals surface area (Å²) in [5.41, 5.74) is 4.90. The SMILES string of the molecule is Cl.Cl.N#Cc1ccc(-c2nc3ccccn3c2CN2CCNCC2)cc1. The van der Waals surface area contributed by atoms with Gasteiger partial charge in [-0.2, -0.15) is 5.26 Å². The number of benzene rings is 1. The van der Waals surface area contributed by atoms with Crippen LogP contribution in [0.5, 0.6) is 0 Å². The molecule has 4 rings (SSSR count). The van der Waals surface area contributed by atoms with Crippen LogP contribution in [0.2, 0.25) is 0 Å².